The highest BCUT2D eigenvalue weighted by Crippen LogP contribution is 2.53. The van der Waals surface area contributed by atoms with E-state index >= 15 is 0 Å². The standard InChI is InChI=1S/C29H32F3N8O5P/c1-5-44-46(42)16-18-6-7-22(24(12-18)43-4)38-28-34-14-20(29(30,31)32)26(39-28)37-23-9-8-21(36-25(23)27(41)33-3)19-13-35-40(15-19)11-10-17(2)45-46/h6-9,12-15,17H,5,10-11,16H2,1-4H3,(H,33,41)(H2,34,37,38,39)/t17-,46+/m1/s1. The van der Waals surface area contributed by atoms with Crippen LogP contribution in [0.15, 0.2) is 48.9 Å². The molecule has 0 saturated heterocycles. The van der Waals surface area contributed by atoms with E-state index in [-0.39, 0.29) is 35.8 Å². The number of pyridine rings is 1. The third kappa shape index (κ3) is 7.46. The molecule has 4 aliphatic rings. The number of carbonyl (C=O) groups is 1. The van der Waals surface area contributed by atoms with Gasteiger partial charge in [-0.1, -0.05) is 6.07 Å². The Labute approximate surface area is 262 Å². The first kappa shape index (κ1) is 32.9. The molecule has 8 rings (SSSR count). The molecule has 244 valence electrons. The molecule has 0 saturated carbocycles. The van der Waals surface area contributed by atoms with Gasteiger partial charge in [-0.2, -0.15) is 23.3 Å². The number of carbonyl (C=O) groups excluding carboxylic acids is 1. The fourth-order valence-corrected chi connectivity index (χ4v) is 6.65. The number of rotatable bonds is 4. The fourth-order valence-electron chi connectivity index (χ4n) is 4.74. The van der Waals surface area contributed by atoms with Crippen molar-refractivity contribution in [3.8, 4) is 17.0 Å². The van der Waals surface area contributed by atoms with Crippen molar-refractivity contribution < 1.29 is 36.3 Å². The van der Waals surface area contributed by atoms with Crippen LogP contribution in [0.25, 0.3) is 11.3 Å². The zero-order chi connectivity index (χ0) is 33.1. The Morgan fingerprint density at radius 3 is 2.67 bits per heavy atom. The van der Waals surface area contributed by atoms with Crippen LogP contribution in [0.4, 0.5) is 36.3 Å². The minimum Gasteiger partial charge on any atom is -0.495 e. The van der Waals surface area contributed by atoms with Crippen LogP contribution in [-0.4, -0.2) is 57.5 Å². The number of nitrogens with zero attached hydrogens (tertiary/aromatic N) is 5. The van der Waals surface area contributed by atoms with Crippen molar-refractivity contribution >= 4 is 36.6 Å². The summed E-state index contributed by atoms with van der Waals surface area (Å²) in [5.41, 5.74) is 0.492. The minimum atomic E-state index is -4.83. The number of hydrogen-bond donors (Lipinski definition) is 3. The molecule has 8 bridgehead atoms. The van der Waals surface area contributed by atoms with Crippen LogP contribution in [-0.2, 0) is 32.5 Å². The SMILES string of the molecule is CCO[P@@]1(=O)Cc2ccc(c(OC)c2)Nc2ncc(C(F)(F)F)c(n2)Nc2ccc(nc2C(=O)NC)-c2cnn(c2)CC[C@@H](C)O1. The van der Waals surface area contributed by atoms with Gasteiger partial charge in [0, 0.05) is 31.5 Å². The Hall–Kier alpha value is -4.53. The second-order valence-corrected chi connectivity index (χ2v) is 12.3. The molecule has 4 aromatic rings. The second kappa shape index (κ2) is 13.4. The summed E-state index contributed by atoms with van der Waals surface area (Å²) in [7, 11) is -0.813. The number of methoxy groups -OCH3 is 1. The Morgan fingerprint density at radius 2 is 1.96 bits per heavy atom. The van der Waals surface area contributed by atoms with Crippen molar-refractivity contribution in [2.75, 3.05) is 31.4 Å². The first-order valence-electron chi connectivity index (χ1n) is 14.2. The number of amides is 1. The molecule has 0 spiro atoms. The molecule has 0 radical (unpaired) electrons. The van der Waals surface area contributed by atoms with Crippen LogP contribution in [0.5, 0.6) is 5.75 Å². The van der Waals surface area contributed by atoms with Gasteiger partial charge in [-0.25, -0.2) is 9.97 Å². The molecule has 46 heavy (non-hydrogen) atoms. The van der Waals surface area contributed by atoms with E-state index in [1.807, 2.05) is 0 Å². The van der Waals surface area contributed by atoms with Gasteiger partial charge in [0.1, 0.15) is 17.1 Å². The lowest BCUT2D eigenvalue weighted by Crippen LogP contribution is -2.21. The predicted molar refractivity (Wildman–Crippen MR) is 164 cm³/mol. The average molecular weight is 661 g/mol. The van der Waals surface area contributed by atoms with Gasteiger partial charge in [-0.05, 0) is 50.1 Å². The smallest absolute Gasteiger partial charge is 0.421 e. The lowest BCUT2D eigenvalue weighted by atomic mass is 10.1. The van der Waals surface area contributed by atoms with Crippen LogP contribution in [0.1, 0.15) is 41.9 Å². The zero-order valence-electron chi connectivity index (χ0n) is 25.4. The molecule has 17 heteroatoms. The topological polar surface area (TPSA) is 154 Å². The third-order valence-electron chi connectivity index (χ3n) is 6.93. The van der Waals surface area contributed by atoms with Crippen LogP contribution >= 0.6 is 7.60 Å². The van der Waals surface area contributed by atoms with Crippen molar-refractivity contribution in [1.82, 2.24) is 30.0 Å². The average Bonchev–Trinajstić information content (AvgIpc) is 3.49. The number of ether oxygens (including phenoxy) is 1. The number of anilines is 4. The Morgan fingerprint density at radius 1 is 1.17 bits per heavy atom. The van der Waals surface area contributed by atoms with Gasteiger partial charge in [0.25, 0.3) is 5.91 Å². The molecule has 1 amide bonds. The van der Waals surface area contributed by atoms with Crippen LogP contribution in [0, 0.1) is 0 Å². The highest BCUT2D eigenvalue weighted by Gasteiger charge is 2.36. The molecule has 0 unspecified atom stereocenters. The van der Waals surface area contributed by atoms with Gasteiger partial charge < -0.3 is 29.7 Å². The number of nitrogens with one attached hydrogen (secondary N) is 3. The van der Waals surface area contributed by atoms with Crippen LogP contribution < -0.4 is 20.7 Å². The highest BCUT2D eigenvalue weighted by atomic mass is 31.2. The Balaban J connectivity index is 1.64. The maximum absolute atomic E-state index is 14.1. The second-order valence-electron chi connectivity index (χ2n) is 10.3. The van der Waals surface area contributed by atoms with Crippen molar-refractivity contribution in [2.24, 2.45) is 0 Å². The molecule has 13 nitrogen and oxygen atoms in total. The number of halogens is 3. The molecular weight excluding hydrogens is 628 g/mol. The Kier molecular flexibility index (Phi) is 9.60. The molecule has 4 aliphatic heterocycles. The maximum Gasteiger partial charge on any atom is 0.421 e. The fraction of sp³-hybridized carbons (Fsp3) is 0.345. The van der Waals surface area contributed by atoms with Crippen molar-refractivity contribution in [3.63, 3.8) is 0 Å². The van der Waals surface area contributed by atoms with Gasteiger partial charge in [-0.3, -0.25) is 14.0 Å². The lowest BCUT2D eigenvalue weighted by molar-refractivity contribution is -0.137. The van der Waals surface area contributed by atoms with Crippen LogP contribution in [0.2, 0.25) is 0 Å². The zero-order valence-corrected chi connectivity index (χ0v) is 26.3. The number of aryl methyl sites for hydroxylation is 1. The lowest BCUT2D eigenvalue weighted by Gasteiger charge is -2.23. The number of benzene rings is 1. The largest absolute Gasteiger partial charge is 0.495 e. The Bertz CT molecular complexity index is 1780. The number of hydrogen-bond acceptors (Lipinski definition) is 11. The first-order valence-corrected chi connectivity index (χ1v) is 16.0. The van der Waals surface area contributed by atoms with Crippen molar-refractivity contribution in [1.29, 1.82) is 0 Å². The van der Waals surface area contributed by atoms with Crippen molar-refractivity contribution in [2.45, 2.75) is 45.3 Å². The van der Waals surface area contributed by atoms with E-state index in [0.717, 1.165) is 0 Å². The van der Waals surface area contributed by atoms with Crippen LogP contribution in [0.3, 0.4) is 0 Å². The molecule has 0 fully saturated rings. The molecule has 1 aromatic carbocycles. The van der Waals surface area contributed by atoms with E-state index in [4.69, 9.17) is 13.8 Å². The predicted octanol–water partition coefficient (Wildman–Crippen LogP) is 6.15. The first-order chi connectivity index (χ1) is 21.9. The van der Waals surface area contributed by atoms with Gasteiger partial charge in [0.2, 0.25) is 5.95 Å². The summed E-state index contributed by atoms with van der Waals surface area (Å²) in [6.45, 7) is 4.08. The molecule has 3 aromatic heterocycles. The molecule has 2 atom stereocenters. The highest BCUT2D eigenvalue weighted by molar-refractivity contribution is 7.53. The van der Waals surface area contributed by atoms with Gasteiger partial charge in [-0.15, -0.1) is 0 Å². The summed E-state index contributed by atoms with van der Waals surface area (Å²) in [6, 6.07) is 7.86. The molecular formula is C29H32F3N8O5P. The summed E-state index contributed by atoms with van der Waals surface area (Å²) in [4.78, 5) is 25.3. The van der Waals surface area contributed by atoms with Gasteiger partial charge in [0.15, 0.2) is 5.69 Å². The monoisotopic (exact) mass is 660 g/mol. The van der Waals surface area contributed by atoms with Crippen molar-refractivity contribution in [3.05, 3.63) is 65.7 Å². The third-order valence-corrected chi connectivity index (χ3v) is 9.02. The van der Waals surface area contributed by atoms with Gasteiger partial charge in [0.05, 0.1) is 49.2 Å². The number of alkyl halides is 3. The van der Waals surface area contributed by atoms with E-state index in [0.29, 0.717) is 41.7 Å². The molecule has 3 N–H and O–H groups in total. The molecule has 7 heterocycles. The summed E-state index contributed by atoms with van der Waals surface area (Å²) in [5, 5.41) is 12.3. The van der Waals surface area contributed by atoms with E-state index < -0.39 is 37.2 Å². The summed E-state index contributed by atoms with van der Waals surface area (Å²) < 4.78 is 74.7. The van der Waals surface area contributed by atoms with E-state index in [2.05, 4.69) is 36.0 Å². The summed E-state index contributed by atoms with van der Waals surface area (Å²) in [5.74, 6) is -1.16. The normalized spacial score (nSPS) is 18.5. The number of aromatic nitrogens is 5. The molecule has 0 aliphatic carbocycles. The summed E-state index contributed by atoms with van der Waals surface area (Å²) in [6.07, 6.45) is -0.993. The van der Waals surface area contributed by atoms with E-state index in [9.17, 15) is 22.5 Å². The quantitative estimate of drug-likeness (QED) is 0.216. The summed E-state index contributed by atoms with van der Waals surface area (Å²) >= 11 is 0. The van der Waals surface area contributed by atoms with Gasteiger partial charge >= 0.3 is 13.8 Å². The van der Waals surface area contributed by atoms with E-state index in [1.54, 1.807) is 55.2 Å². The minimum absolute atomic E-state index is 0.0144. The maximum atomic E-state index is 14.1. The van der Waals surface area contributed by atoms with E-state index in [1.165, 1.54) is 20.2 Å².